The Hall–Kier alpha value is -2.64. The van der Waals surface area contributed by atoms with E-state index >= 15 is 0 Å². The van der Waals surface area contributed by atoms with Gasteiger partial charge in [0.05, 0.1) is 22.7 Å². The molecule has 0 amide bonds. The van der Waals surface area contributed by atoms with Crippen LogP contribution in [0.25, 0.3) is 11.0 Å². The number of nitrogens with zero attached hydrogens (tertiary/aromatic N) is 3. The van der Waals surface area contributed by atoms with Crippen LogP contribution in [0.1, 0.15) is 22.5 Å². The molecule has 4 nitrogen and oxygen atoms in total. The topological polar surface area (TPSA) is 61.8 Å². The SMILES string of the molecule is Cc1ccc2c(c1)nc(CO)n2Cc1ccc(C#N)cc1. The summed E-state index contributed by atoms with van der Waals surface area (Å²) in [6, 6.07) is 15.7. The monoisotopic (exact) mass is 277 g/mol. The molecule has 1 aromatic heterocycles. The van der Waals surface area contributed by atoms with Gasteiger partial charge in [-0.2, -0.15) is 5.26 Å². The average Bonchev–Trinajstić information content (AvgIpc) is 2.85. The van der Waals surface area contributed by atoms with Gasteiger partial charge in [0.1, 0.15) is 12.4 Å². The van der Waals surface area contributed by atoms with Gasteiger partial charge in [0.2, 0.25) is 0 Å². The third-order valence-electron chi connectivity index (χ3n) is 3.55. The normalized spacial score (nSPS) is 10.7. The zero-order valence-corrected chi connectivity index (χ0v) is 11.7. The summed E-state index contributed by atoms with van der Waals surface area (Å²) in [5.74, 6) is 0.653. The van der Waals surface area contributed by atoms with E-state index in [-0.39, 0.29) is 6.61 Å². The molecule has 1 N–H and O–H groups in total. The second-order valence-corrected chi connectivity index (χ2v) is 5.07. The van der Waals surface area contributed by atoms with Crippen molar-refractivity contribution in [3.63, 3.8) is 0 Å². The Balaban J connectivity index is 2.04. The average molecular weight is 277 g/mol. The highest BCUT2D eigenvalue weighted by molar-refractivity contribution is 5.77. The van der Waals surface area contributed by atoms with Crippen LogP contribution >= 0.6 is 0 Å². The van der Waals surface area contributed by atoms with Crippen molar-refractivity contribution in [2.45, 2.75) is 20.1 Å². The van der Waals surface area contributed by atoms with E-state index in [9.17, 15) is 5.11 Å². The summed E-state index contributed by atoms with van der Waals surface area (Å²) in [5, 5.41) is 18.4. The number of nitriles is 1. The number of imidazole rings is 1. The van der Waals surface area contributed by atoms with Crippen molar-refractivity contribution in [1.82, 2.24) is 9.55 Å². The first-order chi connectivity index (χ1) is 10.2. The minimum Gasteiger partial charge on any atom is -0.388 e. The molecule has 2 aromatic carbocycles. The predicted molar refractivity (Wildman–Crippen MR) is 80.7 cm³/mol. The lowest BCUT2D eigenvalue weighted by atomic mass is 10.1. The van der Waals surface area contributed by atoms with Gasteiger partial charge in [0.15, 0.2) is 0 Å². The van der Waals surface area contributed by atoms with Crippen LogP contribution in [0.2, 0.25) is 0 Å². The van der Waals surface area contributed by atoms with Crippen molar-refractivity contribution in [3.8, 4) is 6.07 Å². The van der Waals surface area contributed by atoms with Crippen molar-refractivity contribution < 1.29 is 5.11 Å². The highest BCUT2D eigenvalue weighted by Crippen LogP contribution is 2.19. The van der Waals surface area contributed by atoms with Gasteiger partial charge < -0.3 is 9.67 Å². The Morgan fingerprint density at radius 2 is 1.95 bits per heavy atom. The molecular weight excluding hydrogens is 262 g/mol. The maximum atomic E-state index is 9.52. The molecular formula is C17H15N3O. The lowest BCUT2D eigenvalue weighted by Crippen LogP contribution is -2.05. The van der Waals surface area contributed by atoms with Gasteiger partial charge >= 0.3 is 0 Å². The molecule has 21 heavy (non-hydrogen) atoms. The van der Waals surface area contributed by atoms with E-state index in [1.165, 1.54) is 0 Å². The molecule has 0 saturated heterocycles. The molecule has 4 heteroatoms. The fraction of sp³-hybridized carbons (Fsp3) is 0.176. The third kappa shape index (κ3) is 2.51. The highest BCUT2D eigenvalue weighted by Gasteiger charge is 2.10. The van der Waals surface area contributed by atoms with Crippen molar-refractivity contribution in [2.24, 2.45) is 0 Å². The van der Waals surface area contributed by atoms with Gasteiger partial charge in [-0.3, -0.25) is 0 Å². The summed E-state index contributed by atoms with van der Waals surface area (Å²) in [5.41, 5.74) is 4.77. The highest BCUT2D eigenvalue weighted by atomic mass is 16.3. The predicted octanol–water partition coefficient (Wildman–Crippen LogP) is 2.76. The van der Waals surface area contributed by atoms with Crippen molar-refractivity contribution in [1.29, 1.82) is 5.26 Å². The van der Waals surface area contributed by atoms with Crippen LogP contribution in [-0.2, 0) is 13.2 Å². The summed E-state index contributed by atoms with van der Waals surface area (Å²) in [6.45, 7) is 2.56. The zero-order valence-electron chi connectivity index (χ0n) is 11.7. The molecule has 0 fully saturated rings. The number of aliphatic hydroxyl groups excluding tert-OH is 1. The van der Waals surface area contributed by atoms with Crippen LogP contribution in [0.15, 0.2) is 42.5 Å². The fourth-order valence-electron chi connectivity index (χ4n) is 2.45. The molecule has 1 heterocycles. The summed E-state index contributed by atoms with van der Waals surface area (Å²) in [7, 11) is 0. The van der Waals surface area contributed by atoms with E-state index in [0.29, 0.717) is 17.9 Å². The second kappa shape index (κ2) is 5.39. The molecule has 0 spiro atoms. The van der Waals surface area contributed by atoms with Crippen LogP contribution in [0.5, 0.6) is 0 Å². The minimum atomic E-state index is -0.0932. The van der Waals surface area contributed by atoms with Crippen LogP contribution in [0.4, 0.5) is 0 Å². The molecule has 3 rings (SSSR count). The Labute approximate surface area is 122 Å². The second-order valence-electron chi connectivity index (χ2n) is 5.07. The van der Waals surface area contributed by atoms with E-state index in [1.54, 1.807) is 12.1 Å². The first-order valence-corrected chi connectivity index (χ1v) is 6.77. The maximum absolute atomic E-state index is 9.52. The number of hydrogen-bond donors (Lipinski definition) is 1. The Morgan fingerprint density at radius 3 is 2.62 bits per heavy atom. The summed E-state index contributed by atoms with van der Waals surface area (Å²) in [4.78, 5) is 4.48. The molecule has 0 aliphatic heterocycles. The molecule has 0 aliphatic carbocycles. The van der Waals surface area contributed by atoms with Crippen molar-refractivity contribution in [2.75, 3.05) is 0 Å². The van der Waals surface area contributed by atoms with E-state index < -0.39 is 0 Å². The van der Waals surface area contributed by atoms with Gasteiger partial charge in [-0.15, -0.1) is 0 Å². The van der Waals surface area contributed by atoms with Gasteiger partial charge in [0, 0.05) is 6.54 Å². The number of benzene rings is 2. The zero-order chi connectivity index (χ0) is 14.8. The minimum absolute atomic E-state index is 0.0932. The smallest absolute Gasteiger partial charge is 0.136 e. The third-order valence-corrected chi connectivity index (χ3v) is 3.55. The Morgan fingerprint density at radius 1 is 1.19 bits per heavy atom. The summed E-state index contributed by atoms with van der Waals surface area (Å²) < 4.78 is 2.01. The van der Waals surface area contributed by atoms with E-state index in [2.05, 4.69) is 11.1 Å². The van der Waals surface area contributed by atoms with E-state index in [4.69, 9.17) is 5.26 Å². The molecule has 0 aliphatic rings. The van der Waals surface area contributed by atoms with Gasteiger partial charge in [0.25, 0.3) is 0 Å². The van der Waals surface area contributed by atoms with Crippen molar-refractivity contribution in [3.05, 3.63) is 65.0 Å². The molecule has 104 valence electrons. The number of aryl methyl sites for hydroxylation is 1. The van der Waals surface area contributed by atoms with Crippen LogP contribution in [0.3, 0.4) is 0 Å². The molecule has 0 bridgehead atoms. The summed E-state index contributed by atoms with van der Waals surface area (Å²) in [6.07, 6.45) is 0. The lowest BCUT2D eigenvalue weighted by molar-refractivity contribution is 0.267. The number of aliphatic hydroxyl groups is 1. The first-order valence-electron chi connectivity index (χ1n) is 6.77. The molecule has 3 aromatic rings. The van der Waals surface area contributed by atoms with Crippen molar-refractivity contribution >= 4 is 11.0 Å². The van der Waals surface area contributed by atoms with Crippen LogP contribution < -0.4 is 0 Å². The Bertz CT molecular complexity index is 826. The van der Waals surface area contributed by atoms with Gasteiger partial charge in [-0.25, -0.2) is 4.98 Å². The van der Waals surface area contributed by atoms with Crippen LogP contribution in [0, 0.1) is 18.3 Å². The van der Waals surface area contributed by atoms with Crippen LogP contribution in [-0.4, -0.2) is 14.7 Å². The van der Waals surface area contributed by atoms with E-state index in [1.807, 2.05) is 41.8 Å². The first kappa shape index (κ1) is 13.3. The number of hydrogen-bond acceptors (Lipinski definition) is 3. The number of fused-ring (bicyclic) bond motifs is 1. The summed E-state index contributed by atoms with van der Waals surface area (Å²) >= 11 is 0. The molecule has 0 atom stereocenters. The number of aromatic nitrogens is 2. The molecule has 0 unspecified atom stereocenters. The standard InChI is InChI=1S/C17H15N3O/c1-12-2-7-16-15(8-12)19-17(11-21)20(16)10-14-5-3-13(9-18)4-6-14/h2-8,21H,10-11H2,1H3. The number of rotatable bonds is 3. The largest absolute Gasteiger partial charge is 0.388 e. The molecule has 0 saturated carbocycles. The fourth-order valence-corrected chi connectivity index (χ4v) is 2.45. The van der Waals surface area contributed by atoms with Gasteiger partial charge in [-0.1, -0.05) is 18.2 Å². The molecule has 0 radical (unpaired) electrons. The lowest BCUT2D eigenvalue weighted by Gasteiger charge is -2.08. The maximum Gasteiger partial charge on any atom is 0.136 e. The van der Waals surface area contributed by atoms with Gasteiger partial charge in [-0.05, 0) is 42.3 Å². The van der Waals surface area contributed by atoms with E-state index in [0.717, 1.165) is 22.2 Å². The Kier molecular flexibility index (Phi) is 3.43. The quantitative estimate of drug-likeness (QED) is 0.800.